The third-order valence-electron chi connectivity index (χ3n) is 2.28. The third-order valence-corrected chi connectivity index (χ3v) is 3.94. The van der Waals surface area contributed by atoms with Gasteiger partial charge in [0.1, 0.15) is 11.5 Å². The van der Waals surface area contributed by atoms with Gasteiger partial charge in [-0.3, -0.25) is 4.79 Å². The van der Waals surface area contributed by atoms with E-state index in [4.69, 9.17) is 9.47 Å². The molecule has 0 amide bonds. The van der Waals surface area contributed by atoms with Crippen LogP contribution in [0.1, 0.15) is 9.67 Å². The summed E-state index contributed by atoms with van der Waals surface area (Å²) in [6, 6.07) is 10.8. The van der Waals surface area contributed by atoms with Crippen molar-refractivity contribution >= 4 is 33.0 Å². The van der Waals surface area contributed by atoms with E-state index in [0.29, 0.717) is 10.6 Å². The maximum atomic E-state index is 11.8. The Morgan fingerprint density at radius 2 is 1.83 bits per heavy atom. The molecule has 0 unspecified atom stereocenters. The van der Waals surface area contributed by atoms with Gasteiger partial charge in [0, 0.05) is 0 Å². The highest BCUT2D eigenvalue weighted by atomic mass is 79.9. The van der Waals surface area contributed by atoms with Crippen molar-refractivity contribution < 1.29 is 14.3 Å². The molecule has 3 nitrogen and oxygen atoms in total. The molecule has 0 saturated heterocycles. The highest BCUT2D eigenvalue weighted by Crippen LogP contribution is 2.23. The average Bonchev–Trinajstić information content (AvgIpc) is 2.83. The van der Waals surface area contributed by atoms with Crippen LogP contribution in [-0.2, 0) is 0 Å². The van der Waals surface area contributed by atoms with Crippen molar-refractivity contribution in [2.45, 2.75) is 0 Å². The summed E-state index contributed by atoms with van der Waals surface area (Å²) in [5.74, 6) is 1.39. The Labute approximate surface area is 117 Å². The Kier molecular flexibility index (Phi) is 4.38. The molecule has 1 aromatic heterocycles. The van der Waals surface area contributed by atoms with E-state index in [0.717, 1.165) is 9.54 Å². The third kappa shape index (κ3) is 3.34. The number of methoxy groups -OCH3 is 1. The van der Waals surface area contributed by atoms with Crippen LogP contribution in [0.2, 0.25) is 0 Å². The number of hydrogen-bond acceptors (Lipinski definition) is 4. The van der Waals surface area contributed by atoms with Gasteiger partial charge < -0.3 is 9.47 Å². The fraction of sp³-hybridized carbons (Fsp3) is 0.154. The zero-order valence-corrected chi connectivity index (χ0v) is 12.1. The number of halogens is 1. The van der Waals surface area contributed by atoms with Gasteiger partial charge in [-0.1, -0.05) is 0 Å². The predicted octanol–water partition coefficient (Wildman–Crippen LogP) is 3.78. The molecule has 0 bridgehead atoms. The predicted molar refractivity (Wildman–Crippen MR) is 74.8 cm³/mol. The molecule has 0 saturated carbocycles. The highest BCUT2D eigenvalue weighted by Gasteiger charge is 2.09. The first-order chi connectivity index (χ1) is 8.69. The molecule has 0 aliphatic heterocycles. The van der Waals surface area contributed by atoms with Gasteiger partial charge in [-0.2, -0.15) is 0 Å². The fourth-order valence-corrected chi connectivity index (χ4v) is 2.67. The van der Waals surface area contributed by atoms with E-state index < -0.39 is 0 Å². The summed E-state index contributed by atoms with van der Waals surface area (Å²) in [5, 5.41) is 0. The molecular weight excluding hydrogens is 316 g/mol. The number of ketones is 1. The molecule has 2 aromatic rings. The molecule has 18 heavy (non-hydrogen) atoms. The monoisotopic (exact) mass is 326 g/mol. The van der Waals surface area contributed by atoms with Crippen LogP contribution in [0.15, 0.2) is 40.2 Å². The second-order valence-corrected chi connectivity index (χ2v) is 5.95. The van der Waals surface area contributed by atoms with Gasteiger partial charge in [0.2, 0.25) is 5.78 Å². The first-order valence-electron chi connectivity index (χ1n) is 5.24. The van der Waals surface area contributed by atoms with E-state index >= 15 is 0 Å². The molecular formula is C13H11BrO3S. The maximum Gasteiger partial charge on any atom is 0.210 e. The van der Waals surface area contributed by atoms with Crippen LogP contribution in [0.3, 0.4) is 0 Å². The van der Waals surface area contributed by atoms with Crippen molar-refractivity contribution in [2.24, 2.45) is 0 Å². The minimum absolute atomic E-state index is 0.0264. The van der Waals surface area contributed by atoms with E-state index in [9.17, 15) is 4.79 Å². The largest absolute Gasteiger partial charge is 0.497 e. The summed E-state index contributed by atoms with van der Waals surface area (Å²) in [7, 11) is 1.61. The van der Waals surface area contributed by atoms with Gasteiger partial charge in [-0.25, -0.2) is 0 Å². The molecule has 5 heteroatoms. The molecule has 2 rings (SSSR count). The van der Waals surface area contributed by atoms with Crippen LogP contribution in [0.4, 0.5) is 0 Å². The van der Waals surface area contributed by atoms with Crippen molar-refractivity contribution in [1.29, 1.82) is 0 Å². The van der Waals surface area contributed by atoms with Gasteiger partial charge in [-0.05, 0) is 52.3 Å². The van der Waals surface area contributed by atoms with Gasteiger partial charge in [0.05, 0.1) is 15.8 Å². The van der Waals surface area contributed by atoms with Gasteiger partial charge in [-0.15, -0.1) is 11.3 Å². The van der Waals surface area contributed by atoms with E-state index in [2.05, 4.69) is 15.9 Å². The molecule has 1 aromatic carbocycles. The quantitative estimate of drug-likeness (QED) is 0.784. The van der Waals surface area contributed by atoms with Crippen LogP contribution in [-0.4, -0.2) is 19.5 Å². The molecule has 0 radical (unpaired) electrons. The lowest BCUT2D eigenvalue weighted by Crippen LogP contribution is -2.09. The number of Topliss-reactive ketones (excluding diaryl/α,β-unsaturated/α-hetero) is 1. The van der Waals surface area contributed by atoms with Gasteiger partial charge in [0.15, 0.2) is 6.61 Å². The Morgan fingerprint density at radius 3 is 2.39 bits per heavy atom. The van der Waals surface area contributed by atoms with Crippen LogP contribution >= 0.6 is 27.3 Å². The van der Waals surface area contributed by atoms with E-state index in [-0.39, 0.29) is 12.4 Å². The Morgan fingerprint density at radius 1 is 1.17 bits per heavy atom. The molecule has 0 fully saturated rings. The van der Waals surface area contributed by atoms with Crippen molar-refractivity contribution in [2.75, 3.05) is 13.7 Å². The summed E-state index contributed by atoms with van der Waals surface area (Å²) in [5.41, 5.74) is 0. The summed E-state index contributed by atoms with van der Waals surface area (Å²) in [6.45, 7) is 0.0410. The smallest absolute Gasteiger partial charge is 0.210 e. The highest BCUT2D eigenvalue weighted by molar-refractivity contribution is 9.11. The second-order valence-electron chi connectivity index (χ2n) is 3.49. The van der Waals surface area contributed by atoms with E-state index in [1.807, 2.05) is 6.07 Å². The van der Waals surface area contributed by atoms with Crippen molar-refractivity contribution in [3.05, 3.63) is 45.1 Å². The minimum atomic E-state index is -0.0264. The zero-order chi connectivity index (χ0) is 13.0. The lowest BCUT2D eigenvalue weighted by Gasteiger charge is -2.05. The number of rotatable bonds is 5. The lowest BCUT2D eigenvalue weighted by atomic mass is 10.3. The number of ether oxygens (including phenoxy) is 2. The number of carbonyl (C=O) groups is 1. The Bertz CT molecular complexity index is 533. The van der Waals surface area contributed by atoms with Crippen LogP contribution < -0.4 is 9.47 Å². The lowest BCUT2D eigenvalue weighted by molar-refractivity contribution is 0.0925. The fourth-order valence-electron chi connectivity index (χ4n) is 1.36. The summed E-state index contributed by atoms with van der Waals surface area (Å²) >= 11 is 4.73. The minimum Gasteiger partial charge on any atom is -0.497 e. The molecule has 0 spiro atoms. The normalized spacial score (nSPS) is 10.1. The molecule has 0 N–H and O–H groups in total. The summed E-state index contributed by atoms with van der Waals surface area (Å²) < 4.78 is 11.4. The SMILES string of the molecule is COc1ccc(OCC(=O)c2ccc(Br)s2)cc1. The summed E-state index contributed by atoms with van der Waals surface area (Å²) in [6.07, 6.45) is 0. The van der Waals surface area contributed by atoms with Gasteiger partial charge in [0.25, 0.3) is 0 Å². The maximum absolute atomic E-state index is 11.8. The topological polar surface area (TPSA) is 35.5 Å². The van der Waals surface area contributed by atoms with Crippen LogP contribution in [0.25, 0.3) is 0 Å². The van der Waals surface area contributed by atoms with Crippen LogP contribution in [0.5, 0.6) is 11.5 Å². The zero-order valence-electron chi connectivity index (χ0n) is 9.68. The molecule has 0 atom stereocenters. The number of benzene rings is 1. The number of thiophene rings is 1. The van der Waals surface area contributed by atoms with Crippen molar-refractivity contribution in [1.82, 2.24) is 0 Å². The first-order valence-corrected chi connectivity index (χ1v) is 6.85. The van der Waals surface area contributed by atoms with Gasteiger partial charge >= 0.3 is 0 Å². The molecule has 0 aliphatic rings. The average molecular weight is 327 g/mol. The first kappa shape index (κ1) is 13.1. The Balaban J connectivity index is 1.92. The summed E-state index contributed by atoms with van der Waals surface area (Å²) in [4.78, 5) is 12.5. The van der Waals surface area contributed by atoms with E-state index in [1.54, 1.807) is 37.4 Å². The van der Waals surface area contributed by atoms with Crippen LogP contribution in [0, 0.1) is 0 Å². The molecule has 94 valence electrons. The standard InChI is InChI=1S/C13H11BrO3S/c1-16-9-2-4-10(5-3-9)17-8-11(15)12-6-7-13(14)18-12/h2-7H,8H2,1H3. The number of hydrogen-bond donors (Lipinski definition) is 0. The number of carbonyl (C=O) groups excluding carboxylic acids is 1. The Hall–Kier alpha value is -1.33. The molecule has 0 aliphatic carbocycles. The van der Waals surface area contributed by atoms with E-state index in [1.165, 1.54) is 11.3 Å². The van der Waals surface area contributed by atoms with Crippen molar-refractivity contribution in [3.8, 4) is 11.5 Å². The van der Waals surface area contributed by atoms with Crippen molar-refractivity contribution in [3.63, 3.8) is 0 Å². The second kappa shape index (κ2) is 6.02. The molecule has 1 heterocycles.